The van der Waals surface area contributed by atoms with Crippen molar-refractivity contribution >= 4 is 45.8 Å². The molecular formula is C13H12ClFIN3O. The van der Waals surface area contributed by atoms with E-state index in [-0.39, 0.29) is 17.5 Å². The maximum atomic E-state index is 13.0. The summed E-state index contributed by atoms with van der Waals surface area (Å²) in [4.78, 5) is 11.9. The molecule has 2 aromatic rings. The monoisotopic (exact) mass is 407 g/mol. The minimum atomic E-state index is -0.516. The van der Waals surface area contributed by atoms with E-state index in [0.717, 1.165) is 15.0 Å². The number of carbonyl (C=O) groups excluding carboxylic acids is 1. The number of nitrogens with one attached hydrogen (secondary N) is 1. The van der Waals surface area contributed by atoms with Gasteiger partial charge in [-0.1, -0.05) is 11.6 Å². The molecule has 0 aliphatic rings. The van der Waals surface area contributed by atoms with E-state index in [9.17, 15) is 9.18 Å². The molecule has 0 fully saturated rings. The summed E-state index contributed by atoms with van der Waals surface area (Å²) in [6.45, 7) is 3.90. The minimum absolute atomic E-state index is 0.0246. The Morgan fingerprint density at radius 1 is 1.50 bits per heavy atom. The smallest absolute Gasteiger partial charge is 0.246 e. The Kier molecular flexibility index (Phi) is 4.64. The molecule has 20 heavy (non-hydrogen) atoms. The average molecular weight is 408 g/mol. The van der Waals surface area contributed by atoms with Gasteiger partial charge in [0.05, 0.1) is 14.3 Å². The number of aryl methyl sites for hydroxylation is 1. The van der Waals surface area contributed by atoms with Crippen LogP contribution in [0.1, 0.15) is 11.4 Å². The predicted molar refractivity (Wildman–Crippen MR) is 84.5 cm³/mol. The van der Waals surface area contributed by atoms with Crippen molar-refractivity contribution in [3.63, 3.8) is 0 Å². The van der Waals surface area contributed by atoms with Crippen LogP contribution in [0, 0.1) is 23.2 Å². The highest BCUT2D eigenvalue weighted by Crippen LogP contribution is 2.19. The van der Waals surface area contributed by atoms with Crippen molar-refractivity contribution in [1.29, 1.82) is 0 Å². The number of anilines is 1. The van der Waals surface area contributed by atoms with E-state index in [0.29, 0.717) is 5.69 Å². The van der Waals surface area contributed by atoms with Crippen LogP contribution in [0.2, 0.25) is 5.02 Å². The standard InChI is InChI=1S/C13H12ClFIN3O/c1-7-13(16)8(2)19(18-7)6-12(20)17-9-3-4-11(15)10(14)5-9/h3-5H,6H2,1-2H3,(H,17,20). The minimum Gasteiger partial charge on any atom is -0.324 e. The highest BCUT2D eigenvalue weighted by molar-refractivity contribution is 14.1. The summed E-state index contributed by atoms with van der Waals surface area (Å²) >= 11 is 7.86. The lowest BCUT2D eigenvalue weighted by Crippen LogP contribution is -2.20. The summed E-state index contributed by atoms with van der Waals surface area (Å²) in [7, 11) is 0. The molecule has 1 heterocycles. The molecule has 106 valence electrons. The van der Waals surface area contributed by atoms with Crippen LogP contribution < -0.4 is 5.32 Å². The van der Waals surface area contributed by atoms with Gasteiger partial charge in [0.1, 0.15) is 12.4 Å². The molecule has 0 aliphatic heterocycles. The zero-order valence-corrected chi connectivity index (χ0v) is 13.8. The van der Waals surface area contributed by atoms with Gasteiger partial charge in [-0.2, -0.15) is 5.10 Å². The van der Waals surface area contributed by atoms with Gasteiger partial charge in [0.2, 0.25) is 5.91 Å². The second-order valence-electron chi connectivity index (χ2n) is 4.32. The number of aromatic nitrogens is 2. The molecule has 7 heteroatoms. The second kappa shape index (κ2) is 6.09. The fourth-order valence-corrected chi connectivity index (χ4v) is 2.31. The van der Waals surface area contributed by atoms with Crippen LogP contribution in [0.5, 0.6) is 0 Å². The van der Waals surface area contributed by atoms with E-state index in [1.165, 1.54) is 18.2 Å². The van der Waals surface area contributed by atoms with Crippen molar-refractivity contribution in [2.75, 3.05) is 5.32 Å². The number of halogens is 3. The van der Waals surface area contributed by atoms with Crippen molar-refractivity contribution in [2.45, 2.75) is 20.4 Å². The molecule has 0 aliphatic carbocycles. The van der Waals surface area contributed by atoms with Gasteiger partial charge in [-0.15, -0.1) is 0 Å². The molecule has 0 unspecified atom stereocenters. The van der Waals surface area contributed by atoms with Crippen molar-refractivity contribution in [1.82, 2.24) is 9.78 Å². The van der Waals surface area contributed by atoms with Gasteiger partial charge < -0.3 is 5.32 Å². The Morgan fingerprint density at radius 2 is 2.20 bits per heavy atom. The number of hydrogen-bond donors (Lipinski definition) is 1. The molecule has 1 aromatic carbocycles. The molecular weight excluding hydrogens is 396 g/mol. The summed E-state index contributed by atoms with van der Waals surface area (Å²) in [5, 5.41) is 6.92. The van der Waals surface area contributed by atoms with Crippen molar-refractivity contribution in [3.05, 3.63) is 44.0 Å². The zero-order valence-electron chi connectivity index (χ0n) is 10.9. The van der Waals surface area contributed by atoms with Gasteiger partial charge in [-0.3, -0.25) is 9.48 Å². The van der Waals surface area contributed by atoms with E-state index in [4.69, 9.17) is 11.6 Å². The molecule has 1 amide bonds. The first-order valence-electron chi connectivity index (χ1n) is 5.83. The van der Waals surface area contributed by atoms with Crippen LogP contribution in [0.25, 0.3) is 0 Å². The van der Waals surface area contributed by atoms with Gasteiger partial charge in [0, 0.05) is 11.4 Å². The Bertz CT molecular complexity index is 672. The number of hydrogen-bond acceptors (Lipinski definition) is 2. The maximum absolute atomic E-state index is 13.0. The van der Waals surface area contributed by atoms with Crippen molar-refractivity contribution in [2.24, 2.45) is 0 Å². The lowest BCUT2D eigenvalue weighted by molar-refractivity contribution is -0.116. The van der Waals surface area contributed by atoms with Crippen molar-refractivity contribution < 1.29 is 9.18 Å². The van der Waals surface area contributed by atoms with Crippen LogP contribution in [0.3, 0.4) is 0 Å². The summed E-state index contributed by atoms with van der Waals surface area (Å²) in [5.74, 6) is -0.757. The zero-order chi connectivity index (χ0) is 14.9. The van der Waals surface area contributed by atoms with E-state index < -0.39 is 5.82 Å². The third-order valence-corrected chi connectivity index (χ3v) is 4.64. The predicted octanol–water partition coefficient (Wildman–Crippen LogP) is 3.54. The molecule has 1 N–H and O–H groups in total. The lowest BCUT2D eigenvalue weighted by Gasteiger charge is -2.07. The topological polar surface area (TPSA) is 46.9 Å². The van der Waals surface area contributed by atoms with Crippen LogP contribution >= 0.6 is 34.2 Å². The number of carbonyl (C=O) groups is 1. The molecule has 4 nitrogen and oxygen atoms in total. The van der Waals surface area contributed by atoms with Gasteiger partial charge in [-0.05, 0) is 54.6 Å². The van der Waals surface area contributed by atoms with E-state index >= 15 is 0 Å². The number of benzene rings is 1. The molecule has 0 saturated carbocycles. The van der Waals surface area contributed by atoms with E-state index in [1.54, 1.807) is 4.68 Å². The summed E-state index contributed by atoms with van der Waals surface area (Å²) < 4.78 is 15.7. The highest BCUT2D eigenvalue weighted by Gasteiger charge is 2.12. The van der Waals surface area contributed by atoms with Gasteiger partial charge in [-0.25, -0.2) is 4.39 Å². The van der Waals surface area contributed by atoms with Gasteiger partial charge >= 0.3 is 0 Å². The molecule has 0 bridgehead atoms. The Labute approximate surface area is 134 Å². The average Bonchev–Trinajstić information content (AvgIpc) is 2.61. The van der Waals surface area contributed by atoms with E-state index in [1.807, 2.05) is 13.8 Å². The highest BCUT2D eigenvalue weighted by atomic mass is 127. The molecule has 0 atom stereocenters. The SMILES string of the molecule is Cc1nn(CC(=O)Nc2ccc(F)c(Cl)c2)c(C)c1I. The second-order valence-corrected chi connectivity index (χ2v) is 5.81. The molecule has 0 radical (unpaired) electrons. The fraction of sp³-hybridized carbons (Fsp3) is 0.231. The molecule has 0 saturated heterocycles. The molecule has 0 spiro atoms. The van der Waals surface area contributed by atoms with Gasteiger partial charge in [0.15, 0.2) is 0 Å². The van der Waals surface area contributed by atoms with Crippen LogP contribution in [-0.2, 0) is 11.3 Å². The quantitative estimate of drug-likeness (QED) is 0.791. The van der Waals surface area contributed by atoms with Crippen LogP contribution in [0.4, 0.5) is 10.1 Å². The summed E-state index contributed by atoms with van der Waals surface area (Å²) in [6.07, 6.45) is 0. The summed E-state index contributed by atoms with van der Waals surface area (Å²) in [6, 6.07) is 4.05. The Morgan fingerprint density at radius 3 is 2.75 bits per heavy atom. The normalized spacial score (nSPS) is 10.7. The molecule has 1 aromatic heterocycles. The third kappa shape index (κ3) is 3.29. The number of amides is 1. The lowest BCUT2D eigenvalue weighted by atomic mass is 10.3. The number of nitrogens with zero attached hydrogens (tertiary/aromatic N) is 2. The van der Waals surface area contributed by atoms with Crippen LogP contribution in [0.15, 0.2) is 18.2 Å². The first kappa shape index (κ1) is 15.2. The third-order valence-electron chi connectivity index (χ3n) is 2.79. The van der Waals surface area contributed by atoms with Crippen LogP contribution in [-0.4, -0.2) is 15.7 Å². The van der Waals surface area contributed by atoms with Crippen molar-refractivity contribution in [3.8, 4) is 0 Å². The van der Waals surface area contributed by atoms with Gasteiger partial charge in [0.25, 0.3) is 0 Å². The largest absolute Gasteiger partial charge is 0.324 e. The first-order chi connectivity index (χ1) is 9.38. The Hall–Kier alpha value is -1.15. The molecule has 2 rings (SSSR count). The fourth-order valence-electron chi connectivity index (χ4n) is 1.74. The Balaban J connectivity index is 2.09. The summed E-state index contributed by atoms with van der Waals surface area (Å²) in [5.41, 5.74) is 2.29. The number of rotatable bonds is 3. The maximum Gasteiger partial charge on any atom is 0.246 e. The first-order valence-corrected chi connectivity index (χ1v) is 7.28. The van der Waals surface area contributed by atoms with E-state index in [2.05, 4.69) is 33.0 Å².